The van der Waals surface area contributed by atoms with Crippen LogP contribution in [0.15, 0.2) is 30.3 Å². The van der Waals surface area contributed by atoms with E-state index in [4.69, 9.17) is 23.7 Å². The maximum atomic E-state index is 13.1. The van der Waals surface area contributed by atoms with Crippen LogP contribution in [0.25, 0.3) is 0 Å². The van der Waals surface area contributed by atoms with E-state index in [0.717, 1.165) is 10.7 Å². The molecule has 46 heavy (non-hydrogen) atoms. The first-order valence-electron chi connectivity index (χ1n) is 15.0. The Balaban J connectivity index is 1.71. The number of amides is 4. The predicted octanol–water partition coefficient (Wildman–Crippen LogP) is 2.66. The fraction of sp³-hybridized carbons (Fsp3) is 0.600. The average Bonchev–Trinajstić information content (AvgIpc) is 3.04. The van der Waals surface area contributed by atoms with Crippen LogP contribution in [0.4, 0.5) is 4.79 Å². The zero-order valence-corrected chi connectivity index (χ0v) is 28.3. The summed E-state index contributed by atoms with van der Waals surface area (Å²) < 4.78 is 26.4. The number of esters is 3. The molecule has 13 nitrogen and oxygen atoms in total. The third-order valence-corrected chi connectivity index (χ3v) is 7.88. The molecule has 1 aliphatic heterocycles. The van der Waals surface area contributed by atoms with Crippen molar-refractivity contribution in [3.63, 3.8) is 0 Å². The molecule has 1 fully saturated rings. The van der Waals surface area contributed by atoms with Crippen LogP contribution in [0.3, 0.4) is 0 Å². The molecule has 4 amide bonds. The first kappa shape index (κ1) is 39.2. The lowest BCUT2D eigenvalue weighted by molar-refractivity contribution is -0.157. The zero-order valence-electron chi connectivity index (χ0n) is 25.7. The van der Waals surface area contributed by atoms with Crippen molar-refractivity contribution in [2.24, 2.45) is 5.92 Å². The number of benzene rings is 1. The number of thioether (sulfide) groups is 1. The van der Waals surface area contributed by atoms with Crippen LogP contribution in [-0.4, -0.2) is 121 Å². The summed E-state index contributed by atoms with van der Waals surface area (Å²) in [4.78, 5) is 76.5. The smallest absolute Gasteiger partial charge is 0.334 e. The van der Waals surface area contributed by atoms with Gasteiger partial charge in [0.1, 0.15) is 38.0 Å². The minimum Gasteiger partial charge on any atom is -0.490 e. The van der Waals surface area contributed by atoms with Crippen LogP contribution in [-0.2, 0) is 42.9 Å². The molecule has 2 rings (SSSR count). The van der Waals surface area contributed by atoms with Crippen LogP contribution in [0, 0.1) is 5.92 Å². The standard InChI is InChI=1S/C30H42N2O11S3/c33-25(9-19-45)42-15-11-31-28(36)24(29(37)32(30(31)38)22-27(35)41-13-4-18-44)8-14-39-12-5-20-46-21-10-26(34)43-17-16-40-23-6-2-1-3-7-23/h1-3,6-7,24,44-45H,4-5,8-22H2. The molecule has 1 saturated heterocycles. The second-order valence-corrected chi connectivity index (χ2v) is 11.9. The van der Waals surface area contributed by atoms with E-state index in [2.05, 4.69) is 25.3 Å². The van der Waals surface area contributed by atoms with E-state index in [-0.39, 0.29) is 70.6 Å². The van der Waals surface area contributed by atoms with Crippen LogP contribution < -0.4 is 4.74 Å². The topological polar surface area (TPSA) is 155 Å². The molecule has 1 aromatic rings. The summed E-state index contributed by atoms with van der Waals surface area (Å²) in [6.07, 6.45) is 1.48. The van der Waals surface area contributed by atoms with Gasteiger partial charge in [0, 0.05) is 24.7 Å². The van der Waals surface area contributed by atoms with Gasteiger partial charge in [-0.05, 0) is 42.9 Å². The van der Waals surface area contributed by atoms with E-state index >= 15 is 0 Å². The van der Waals surface area contributed by atoms with E-state index < -0.39 is 42.2 Å². The Bertz CT molecular complexity index is 1130. The summed E-state index contributed by atoms with van der Waals surface area (Å²) in [7, 11) is 0. The molecule has 0 N–H and O–H groups in total. The second-order valence-electron chi connectivity index (χ2n) is 9.74. The van der Waals surface area contributed by atoms with Crippen LogP contribution in [0.1, 0.15) is 32.1 Å². The molecule has 1 heterocycles. The highest BCUT2D eigenvalue weighted by molar-refractivity contribution is 7.99. The van der Waals surface area contributed by atoms with Crippen molar-refractivity contribution in [3.05, 3.63) is 30.3 Å². The molecule has 1 aliphatic rings. The van der Waals surface area contributed by atoms with Gasteiger partial charge in [0.2, 0.25) is 11.8 Å². The third kappa shape index (κ3) is 15.1. The second kappa shape index (κ2) is 23.4. The van der Waals surface area contributed by atoms with Gasteiger partial charge < -0.3 is 23.7 Å². The summed E-state index contributed by atoms with van der Waals surface area (Å²) in [5, 5.41) is 0. The lowest BCUT2D eigenvalue weighted by Crippen LogP contribution is -2.61. The molecule has 0 aromatic heterocycles. The van der Waals surface area contributed by atoms with E-state index in [1.165, 1.54) is 0 Å². The SMILES string of the molecule is O=C(CCS)OCCN1C(=O)C(CCOCCCSCCC(=O)OCCOc2ccccc2)C(=O)N(CC(=O)OCCCS)C1=O. The van der Waals surface area contributed by atoms with Gasteiger partial charge in [-0.15, -0.1) is 0 Å². The molecular weight excluding hydrogens is 661 g/mol. The average molecular weight is 703 g/mol. The molecule has 0 spiro atoms. The molecular formula is C30H42N2O11S3. The summed E-state index contributed by atoms with van der Waals surface area (Å²) in [5.41, 5.74) is 0. The summed E-state index contributed by atoms with van der Waals surface area (Å²) in [6.45, 7) is -0.258. The Labute approximate surface area is 284 Å². The monoisotopic (exact) mass is 702 g/mol. The first-order valence-corrected chi connectivity index (χ1v) is 17.4. The van der Waals surface area contributed by atoms with Gasteiger partial charge in [-0.1, -0.05) is 18.2 Å². The molecule has 0 radical (unpaired) electrons. The number of para-hydroxylation sites is 1. The van der Waals surface area contributed by atoms with Crippen molar-refractivity contribution >= 4 is 72.8 Å². The third-order valence-electron chi connectivity index (χ3n) is 6.27. The van der Waals surface area contributed by atoms with Gasteiger partial charge in [-0.3, -0.25) is 33.8 Å². The quantitative estimate of drug-likeness (QED) is 0.0535. The van der Waals surface area contributed by atoms with E-state index in [1.807, 2.05) is 30.3 Å². The fourth-order valence-corrected chi connectivity index (χ4v) is 5.13. The van der Waals surface area contributed by atoms with E-state index in [1.54, 1.807) is 11.8 Å². The van der Waals surface area contributed by atoms with Crippen LogP contribution >= 0.6 is 37.0 Å². The van der Waals surface area contributed by atoms with E-state index in [9.17, 15) is 28.8 Å². The Morgan fingerprint density at radius 3 is 2.15 bits per heavy atom. The molecule has 256 valence electrons. The first-order chi connectivity index (χ1) is 22.3. The molecule has 1 unspecified atom stereocenters. The fourth-order valence-electron chi connectivity index (χ4n) is 3.98. The van der Waals surface area contributed by atoms with Gasteiger partial charge in [0.25, 0.3) is 0 Å². The van der Waals surface area contributed by atoms with Crippen molar-refractivity contribution in [2.75, 3.05) is 75.7 Å². The largest absolute Gasteiger partial charge is 0.490 e. The van der Waals surface area contributed by atoms with Crippen molar-refractivity contribution in [2.45, 2.75) is 32.1 Å². The number of hydrogen-bond acceptors (Lipinski definition) is 14. The number of hydrogen-bond donors (Lipinski definition) is 2. The number of thiol groups is 2. The van der Waals surface area contributed by atoms with Gasteiger partial charge in [-0.25, -0.2) is 4.79 Å². The van der Waals surface area contributed by atoms with Crippen LogP contribution in [0.5, 0.6) is 5.75 Å². The molecule has 16 heteroatoms. The summed E-state index contributed by atoms with van der Waals surface area (Å²) in [6, 6.07) is 8.27. The van der Waals surface area contributed by atoms with Crippen molar-refractivity contribution < 1.29 is 52.5 Å². The van der Waals surface area contributed by atoms with Crippen molar-refractivity contribution in [1.82, 2.24) is 9.80 Å². The zero-order chi connectivity index (χ0) is 33.6. The van der Waals surface area contributed by atoms with Gasteiger partial charge >= 0.3 is 23.9 Å². The number of rotatable bonds is 24. The Morgan fingerprint density at radius 2 is 1.41 bits per heavy atom. The highest BCUT2D eigenvalue weighted by Crippen LogP contribution is 2.21. The maximum absolute atomic E-state index is 13.1. The van der Waals surface area contributed by atoms with Gasteiger partial charge in [0.05, 0.1) is 26.0 Å². The van der Waals surface area contributed by atoms with Crippen LogP contribution in [0.2, 0.25) is 0 Å². The number of barbiturate groups is 1. The summed E-state index contributed by atoms with van der Waals surface area (Å²) in [5.74, 6) is -1.67. The molecule has 1 atom stereocenters. The molecule has 0 saturated carbocycles. The highest BCUT2D eigenvalue weighted by Gasteiger charge is 2.46. The highest BCUT2D eigenvalue weighted by atomic mass is 32.2. The Kier molecular flexibility index (Phi) is 19.9. The molecule has 1 aromatic carbocycles. The van der Waals surface area contributed by atoms with Crippen molar-refractivity contribution in [1.29, 1.82) is 0 Å². The number of urea groups is 1. The number of nitrogens with zero attached hydrogens (tertiary/aromatic N) is 2. The van der Waals surface area contributed by atoms with Gasteiger partial charge in [0.15, 0.2) is 0 Å². The maximum Gasteiger partial charge on any atom is 0.334 e. The Hall–Kier alpha value is -2.95. The number of ether oxygens (including phenoxy) is 5. The lowest BCUT2D eigenvalue weighted by Gasteiger charge is -2.36. The number of carbonyl (C=O) groups excluding carboxylic acids is 6. The molecule has 0 aliphatic carbocycles. The van der Waals surface area contributed by atoms with E-state index in [0.29, 0.717) is 41.6 Å². The normalized spacial score (nSPS) is 14.7. The van der Waals surface area contributed by atoms with Crippen molar-refractivity contribution in [3.8, 4) is 5.75 Å². The summed E-state index contributed by atoms with van der Waals surface area (Å²) >= 11 is 9.58. The minimum atomic E-state index is -1.26. The Morgan fingerprint density at radius 1 is 0.717 bits per heavy atom. The number of carbonyl (C=O) groups is 6. The minimum absolute atomic E-state index is 0.0148. The molecule has 0 bridgehead atoms. The van der Waals surface area contributed by atoms with Gasteiger partial charge in [-0.2, -0.15) is 37.0 Å². The number of imide groups is 2. The lowest BCUT2D eigenvalue weighted by atomic mass is 10.00. The predicted molar refractivity (Wildman–Crippen MR) is 176 cm³/mol.